The second kappa shape index (κ2) is 27.1. The zero-order chi connectivity index (χ0) is 61.3. The number of likely N-dealkylation sites (N-methyl/N-ethyl adjacent to an activating group) is 1. The quantitative estimate of drug-likeness (QED) is 0.0121. The van der Waals surface area contributed by atoms with E-state index in [1.807, 2.05) is 0 Å². The molecule has 7 rings (SSSR count). The minimum absolute atomic E-state index is 0.0139. The van der Waals surface area contributed by atoms with E-state index in [2.05, 4.69) is 26.3 Å². The van der Waals surface area contributed by atoms with Crippen LogP contribution in [0.4, 0.5) is 4.79 Å². The van der Waals surface area contributed by atoms with Crippen LogP contribution >= 0.6 is 21.6 Å². The van der Waals surface area contributed by atoms with Crippen LogP contribution in [0.2, 0.25) is 0 Å². The maximum atomic E-state index is 15.7. The number of Topliss-reactive ketones (excluding diaryl/α,β-unsaturated/α-hetero) is 1. The molecule has 6 N–H and O–H groups in total. The van der Waals surface area contributed by atoms with Gasteiger partial charge in [-0.1, -0.05) is 84.0 Å². The molecule has 4 aliphatic rings. The molecule has 28 heteroatoms. The smallest absolute Gasteiger partial charge is 0.426 e. The fraction of sp³-hybridized carbons (Fsp3) is 0.482. The van der Waals surface area contributed by atoms with Gasteiger partial charge >= 0.3 is 41.9 Å². The van der Waals surface area contributed by atoms with Crippen LogP contribution in [0.15, 0.2) is 106 Å². The van der Waals surface area contributed by atoms with Crippen molar-refractivity contribution in [1.82, 2.24) is 16.2 Å². The van der Waals surface area contributed by atoms with Crippen molar-refractivity contribution in [3.8, 4) is 5.75 Å². The van der Waals surface area contributed by atoms with Crippen molar-refractivity contribution in [3.63, 3.8) is 0 Å². The van der Waals surface area contributed by atoms with Gasteiger partial charge in [0.1, 0.15) is 48.4 Å². The first-order valence-electron chi connectivity index (χ1n) is 26.4. The lowest BCUT2D eigenvalue weighted by Crippen LogP contribution is -2.82. The van der Waals surface area contributed by atoms with Gasteiger partial charge in [0, 0.05) is 49.2 Å². The molecule has 2 radical (unpaired) electrons. The molecule has 3 aliphatic carbocycles. The Morgan fingerprint density at radius 1 is 0.869 bits per heavy atom. The van der Waals surface area contributed by atoms with Crippen molar-refractivity contribution < 1.29 is 96.4 Å². The molecule has 1 heterocycles. The van der Waals surface area contributed by atoms with E-state index in [0.717, 1.165) is 13.8 Å². The molecular weight excluding hydrogens is 1140 g/mol. The van der Waals surface area contributed by atoms with Gasteiger partial charge in [-0.05, 0) is 74.0 Å². The predicted molar refractivity (Wildman–Crippen MR) is 298 cm³/mol. The van der Waals surface area contributed by atoms with Crippen molar-refractivity contribution in [1.29, 1.82) is 0 Å². The average molecular weight is 1200 g/mol. The summed E-state index contributed by atoms with van der Waals surface area (Å²) >= 11 is 0. The Labute approximate surface area is 491 Å². The molecular formula is C56H64BN5O20S2. The van der Waals surface area contributed by atoms with Crippen molar-refractivity contribution in [2.24, 2.45) is 26.9 Å². The number of carboxylic acids is 1. The lowest BCUT2D eigenvalue weighted by molar-refractivity contribution is -0.346. The summed E-state index contributed by atoms with van der Waals surface area (Å²) in [6, 6.07) is 18.7. The standard InChI is InChI=1S/C56H64BN5O20S2/c1-29-37(25-56(74)47(81-50(71)34-16-12-9-13-17-34)45-54(6,38(65)24-39-55(45,28-77-39)82-31(3)64)46(67)43(78-30(2)63)41(29)53(56,4)5)79-51(72)44(42(59-62-57)32-14-10-8-11-15-32)80-40(66)26-76-35-20-18-33(19-21-35)48(68)60-61-52(73)75-22-23-83-84-27-36(58-7)49(69)70/h8-21,36-39,42-45,47,58,65,74H,22-28H2,1-7H3,(H,60,68)(H,61,73)(H,69,70)/t36-,37-,38-,39+,42-,43+,44+,45-,47-,54+,55-,56+/m0/s1. The maximum Gasteiger partial charge on any atom is 0.426 e. The van der Waals surface area contributed by atoms with E-state index in [-0.39, 0.29) is 59.0 Å². The third kappa shape index (κ3) is 13.4. The number of nitrogens with one attached hydrogen (secondary N) is 3. The Hall–Kier alpha value is -7.37. The largest absolute Gasteiger partial charge is 0.482 e. The number of hydrogen-bond donors (Lipinski definition) is 6. The number of carbonyl (C=O) groups excluding carboxylic acids is 8. The van der Waals surface area contributed by atoms with Gasteiger partial charge in [0.2, 0.25) is 6.10 Å². The third-order valence-corrected chi connectivity index (χ3v) is 18.0. The molecule has 2 amide bonds. The van der Waals surface area contributed by atoms with Crippen LogP contribution in [-0.4, -0.2) is 169 Å². The Morgan fingerprint density at radius 2 is 1.54 bits per heavy atom. The molecule has 2 saturated carbocycles. The number of nitrogens with zero attached hydrogens (tertiary/aromatic N) is 2. The minimum atomic E-state index is -2.51. The van der Waals surface area contributed by atoms with Gasteiger partial charge in [-0.25, -0.2) is 24.6 Å². The van der Waals surface area contributed by atoms with Crippen LogP contribution in [-0.2, 0) is 61.9 Å². The number of aliphatic hydroxyl groups is 2. The molecule has 0 aromatic heterocycles. The first-order valence-corrected chi connectivity index (χ1v) is 28.9. The first-order chi connectivity index (χ1) is 39.8. The Bertz CT molecular complexity index is 3030. The summed E-state index contributed by atoms with van der Waals surface area (Å²) in [5, 5.41) is 45.4. The lowest BCUT2D eigenvalue weighted by Gasteiger charge is -2.67. The number of benzene rings is 3. The number of rotatable bonds is 22. The molecule has 12 atom stereocenters. The molecule has 0 unspecified atom stereocenters. The average Bonchev–Trinajstić information content (AvgIpc) is 2.05. The van der Waals surface area contributed by atoms with Gasteiger partial charge in [-0.2, -0.15) is 5.11 Å². The summed E-state index contributed by atoms with van der Waals surface area (Å²) in [6.07, 6.45) is -12.1. The Morgan fingerprint density at radius 3 is 2.13 bits per heavy atom. The highest BCUT2D eigenvalue weighted by molar-refractivity contribution is 8.76. The van der Waals surface area contributed by atoms with Crippen LogP contribution in [0, 0.1) is 16.7 Å². The summed E-state index contributed by atoms with van der Waals surface area (Å²) in [5.41, 5.74) is -3.65. The highest BCUT2D eigenvalue weighted by Gasteiger charge is 2.78. The molecule has 448 valence electrons. The summed E-state index contributed by atoms with van der Waals surface area (Å²) in [4.78, 5) is 122. The van der Waals surface area contributed by atoms with Crippen molar-refractivity contribution in [3.05, 3.63) is 113 Å². The summed E-state index contributed by atoms with van der Waals surface area (Å²) < 4.78 is 47.2. The number of esters is 5. The number of aliphatic carboxylic acids is 1. The van der Waals surface area contributed by atoms with Gasteiger partial charge in [0.25, 0.3) is 13.9 Å². The number of amides is 2. The number of carbonyl (C=O) groups is 9. The van der Waals surface area contributed by atoms with Crippen molar-refractivity contribution in [2.45, 2.75) is 114 Å². The van der Waals surface area contributed by atoms with Crippen LogP contribution in [0.25, 0.3) is 0 Å². The van der Waals surface area contributed by atoms with E-state index >= 15 is 9.59 Å². The molecule has 3 fully saturated rings. The summed E-state index contributed by atoms with van der Waals surface area (Å²) in [6.45, 7) is 6.77. The Balaban J connectivity index is 1.16. The zero-order valence-corrected chi connectivity index (χ0v) is 48.4. The zero-order valence-electron chi connectivity index (χ0n) is 46.8. The maximum absolute atomic E-state index is 15.7. The second-order valence-electron chi connectivity index (χ2n) is 21.0. The number of ether oxygens (including phenoxy) is 8. The highest BCUT2D eigenvalue weighted by atomic mass is 33.1. The van der Waals surface area contributed by atoms with Crippen LogP contribution in [0.1, 0.15) is 86.7 Å². The van der Waals surface area contributed by atoms with E-state index < -0.39 is 143 Å². The SMILES string of the molecule is [B]N=N[C@@H](c1ccccc1)[C@@H](OC(=O)COc1ccc(C(=O)NNC(=O)OCCSSC[C@H](NC)C(=O)O)cc1)C(=O)O[C@H]1C[C@@]2(O)[C@@H](OC(=O)c3ccccc3)[C@@H]3[C@]4(OC(C)=O)CO[C@@H]4C[C@H](O)[C@@]3(C)C(=O)[C@H](OC(C)=O)C(=C1C)C2(C)C. The molecule has 1 saturated heterocycles. The summed E-state index contributed by atoms with van der Waals surface area (Å²) in [7, 11) is 9.71. The van der Waals surface area contributed by atoms with E-state index in [1.165, 1.54) is 105 Å². The van der Waals surface area contributed by atoms with Gasteiger partial charge in [-0.3, -0.25) is 34.4 Å². The first kappa shape index (κ1) is 64.2. The summed E-state index contributed by atoms with van der Waals surface area (Å²) in [5.74, 6) is -8.88. The van der Waals surface area contributed by atoms with Crippen LogP contribution in [0.5, 0.6) is 5.75 Å². The monoisotopic (exact) mass is 1200 g/mol. The molecule has 0 spiro atoms. The van der Waals surface area contributed by atoms with Gasteiger partial charge in [0.15, 0.2) is 24.1 Å². The highest BCUT2D eigenvalue weighted by Crippen LogP contribution is 2.64. The second-order valence-corrected chi connectivity index (χ2v) is 23.6. The van der Waals surface area contributed by atoms with Gasteiger partial charge < -0.3 is 58.5 Å². The van der Waals surface area contributed by atoms with Crippen LogP contribution < -0.4 is 20.9 Å². The molecule has 25 nitrogen and oxygen atoms in total. The fourth-order valence-corrected chi connectivity index (χ4v) is 13.4. The lowest BCUT2D eigenvalue weighted by atomic mass is 9.44. The predicted octanol–water partition coefficient (Wildman–Crippen LogP) is 3.90. The van der Waals surface area contributed by atoms with E-state index in [1.54, 1.807) is 36.4 Å². The molecule has 2 bridgehead atoms. The fourth-order valence-electron chi connectivity index (χ4n) is 11.3. The molecule has 1 aliphatic heterocycles. The number of fused-ring (bicyclic) bond motifs is 5. The van der Waals surface area contributed by atoms with Gasteiger partial charge in [0.05, 0.1) is 29.6 Å². The van der Waals surface area contributed by atoms with E-state index in [0.29, 0.717) is 5.75 Å². The number of carboxylic acid groups (broad SMARTS) is 1. The van der Waals surface area contributed by atoms with E-state index in [4.69, 9.17) is 51.0 Å². The third-order valence-electron chi connectivity index (χ3n) is 15.7. The van der Waals surface area contributed by atoms with Crippen molar-refractivity contribution in [2.75, 3.05) is 38.4 Å². The number of aliphatic hydroxyl groups excluding tert-OH is 1. The molecule has 3 aromatic carbocycles. The Kier molecular flexibility index (Phi) is 20.7. The number of hydrogen-bond acceptors (Lipinski definition) is 24. The number of ketones is 1. The molecule has 3 aromatic rings. The normalized spacial score (nSPS) is 26.8. The molecule has 84 heavy (non-hydrogen) atoms. The topological polar surface area (TPSA) is 349 Å². The van der Waals surface area contributed by atoms with Crippen molar-refractivity contribution >= 4 is 83.2 Å². The number of hydrazine groups is 1. The van der Waals surface area contributed by atoms with Crippen LogP contribution in [0.3, 0.4) is 0 Å². The van der Waals surface area contributed by atoms with Gasteiger partial charge in [-0.15, -0.1) is 0 Å². The van der Waals surface area contributed by atoms with E-state index in [9.17, 15) is 43.8 Å². The minimum Gasteiger partial charge on any atom is -0.482 e.